The molecule has 1 amide bonds. The van der Waals surface area contributed by atoms with Crippen LogP contribution in [-0.2, 0) is 14.3 Å². The third kappa shape index (κ3) is 3.94. The van der Waals surface area contributed by atoms with Gasteiger partial charge in [-0.05, 0) is 56.2 Å². The Balaban J connectivity index is 1.74. The monoisotopic (exact) mass is 399 g/mol. The number of nitrogens with zero attached hydrogens (tertiary/aromatic N) is 1. The second-order valence-corrected chi connectivity index (χ2v) is 8.78. The molecule has 158 valence electrons. The highest BCUT2D eigenvalue weighted by Crippen LogP contribution is 2.50. The van der Waals surface area contributed by atoms with Gasteiger partial charge in [0, 0.05) is 36.7 Å². The van der Waals surface area contributed by atoms with Crippen molar-refractivity contribution in [2.45, 2.75) is 77.4 Å². The van der Waals surface area contributed by atoms with E-state index in [1.165, 1.54) is 32.1 Å². The minimum atomic E-state index is -0.300. The van der Waals surface area contributed by atoms with Crippen LogP contribution in [0.1, 0.15) is 87.2 Å². The predicted octanol–water partition coefficient (Wildman–Crippen LogP) is 5.04. The topological polar surface area (TPSA) is 55.8 Å². The predicted molar refractivity (Wildman–Crippen MR) is 112 cm³/mol. The van der Waals surface area contributed by atoms with Crippen molar-refractivity contribution in [2.24, 2.45) is 11.8 Å². The van der Waals surface area contributed by atoms with E-state index in [0.717, 1.165) is 37.1 Å². The van der Waals surface area contributed by atoms with Crippen molar-refractivity contribution >= 4 is 17.6 Å². The smallest absolute Gasteiger partial charge is 0.338 e. The van der Waals surface area contributed by atoms with E-state index in [1.807, 2.05) is 24.0 Å². The first-order valence-corrected chi connectivity index (χ1v) is 11.3. The largest absolute Gasteiger partial charge is 0.462 e. The van der Waals surface area contributed by atoms with Gasteiger partial charge in [0.1, 0.15) is 0 Å². The Morgan fingerprint density at radius 2 is 1.93 bits per heavy atom. The van der Waals surface area contributed by atoms with Gasteiger partial charge in [-0.1, -0.05) is 26.2 Å². The summed E-state index contributed by atoms with van der Waals surface area (Å²) in [6.45, 7) is 4.81. The lowest BCUT2D eigenvalue weighted by Gasteiger charge is -2.51. The number of hydrogen-bond donors (Lipinski definition) is 0. The third-order valence-electron chi connectivity index (χ3n) is 6.84. The van der Waals surface area contributed by atoms with Gasteiger partial charge in [0.15, 0.2) is 0 Å². The number of amides is 1. The summed E-state index contributed by atoms with van der Waals surface area (Å²) in [4.78, 5) is 27.3. The van der Waals surface area contributed by atoms with Gasteiger partial charge in [0.25, 0.3) is 0 Å². The zero-order valence-corrected chi connectivity index (χ0v) is 17.7. The van der Waals surface area contributed by atoms with Gasteiger partial charge in [-0.2, -0.15) is 0 Å². The van der Waals surface area contributed by atoms with Gasteiger partial charge in [-0.15, -0.1) is 0 Å². The summed E-state index contributed by atoms with van der Waals surface area (Å²) in [5, 5.41) is 0. The van der Waals surface area contributed by atoms with Gasteiger partial charge in [0.2, 0.25) is 5.91 Å². The number of carbonyl (C=O) groups is 2. The van der Waals surface area contributed by atoms with E-state index in [9.17, 15) is 9.59 Å². The van der Waals surface area contributed by atoms with E-state index in [2.05, 4.69) is 0 Å². The number of anilines is 1. The minimum absolute atomic E-state index is 0.0415. The summed E-state index contributed by atoms with van der Waals surface area (Å²) in [6, 6.07) is 5.84. The van der Waals surface area contributed by atoms with Crippen molar-refractivity contribution in [3.8, 4) is 0 Å². The Labute approximate surface area is 173 Å². The van der Waals surface area contributed by atoms with Crippen molar-refractivity contribution in [3.63, 3.8) is 0 Å². The SMILES string of the molecule is CCCOC(=O)c1ccc2c(c1)[C@H]1OCCC[C@H]1[C@@H](C1CCCCC1)N2C(C)=O. The number of ether oxygens (including phenoxy) is 2. The summed E-state index contributed by atoms with van der Waals surface area (Å²) in [6.07, 6.45) is 9.03. The van der Waals surface area contributed by atoms with Crippen LogP contribution in [0.2, 0.25) is 0 Å². The Kier molecular flexibility index (Phi) is 6.23. The molecular weight excluding hydrogens is 366 g/mol. The van der Waals surface area contributed by atoms with Crippen LogP contribution in [0, 0.1) is 11.8 Å². The Bertz CT molecular complexity index is 755. The molecule has 0 N–H and O–H groups in total. The third-order valence-corrected chi connectivity index (χ3v) is 6.84. The van der Waals surface area contributed by atoms with Crippen molar-refractivity contribution in [1.82, 2.24) is 0 Å². The molecule has 1 aliphatic carbocycles. The molecule has 29 heavy (non-hydrogen) atoms. The van der Waals surface area contributed by atoms with Crippen LogP contribution in [0.5, 0.6) is 0 Å². The zero-order valence-electron chi connectivity index (χ0n) is 17.7. The van der Waals surface area contributed by atoms with E-state index in [1.54, 1.807) is 13.0 Å². The van der Waals surface area contributed by atoms with Crippen LogP contribution >= 0.6 is 0 Å². The number of carbonyl (C=O) groups excluding carboxylic acids is 2. The zero-order chi connectivity index (χ0) is 20.4. The van der Waals surface area contributed by atoms with Gasteiger partial charge in [-0.25, -0.2) is 4.79 Å². The average molecular weight is 400 g/mol. The second kappa shape index (κ2) is 8.86. The Hall–Kier alpha value is -1.88. The number of rotatable bonds is 4. The molecule has 1 aromatic carbocycles. The van der Waals surface area contributed by atoms with Crippen LogP contribution in [0.3, 0.4) is 0 Å². The molecule has 1 saturated heterocycles. The summed E-state index contributed by atoms with van der Waals surface area (Å²) in [7, 11) is 0. The van der Waals surface area contributed by atoms with Gasteiger partial charge in [-0.3, -0.25) is 4.79 Å². The van der Waals surface area contributed by atoms with Crippen LogP contribution in [0.4, 0.5) is 5.69 Å². The fraction of sp³-hybridized carbons (Fsp3) is 0.667. The average Bonchev–Trinajstić information content (AvgIpc) is 2.76. The van der Waals surface area contributed by atoms with E-state index < -0.39 is 0 Å². The molecule has 1 saturated carbocycles. The fourth-order valence-corrected chi connectivity index (χ4v) is 5.65. The molecule has 0 radical (unpaired) electrons. The van der Waals surface area contributed by atoms with E-state index in [-0.39, 0.29) is 24.0 Å². The van der Waals surface area contributed by atoms with E-state index in [0.29, 0.717) is 24.0 Å². The van der Waals surface area contributed by atoms with Crippen molar-refractivity contribution in [2.75, 3.05) is 18.1 Å². The summed E-state index contributed by atoms with van der Waals surface area (Å²) in [5.41, 5.74) is 2.44. The Morgan fingerprint density at radius 1 is 1.14 bits per heavy atom. The highest BCUT2D eigenvalue weighted by Gasteiger charge is 2.47. The molecule has 5 heteroatoms. The first-order chi connectivity index (χ1) is 14.1. The van der Waals surface area contributed by atoms with Crippen molar-refractivity contribution < 1.29 is 19.1 Å². The first kappa shape index (κ1) is 20.4. The molecule has 2 fully saturated rings. The highest BCUT2D eigenvalue weighted by atomic mass is 16.5. The van der Waals surface area contributed by atoms with Crippen LogP contribution < -0.4 is 4.90 Å². The van der Waals surface area contributed by atoms with Gasteiger partial charge < -0.3 is 14.4 Å². The maximum Gasteiger partial charge on any atom is 0.338 e. The molecule has 5 nitrogen and oxygen atoms in total. The van der Waals surface area contributed by atoms with E-state index in [4.69, 9.17) is 9.47 Å². The lowest BCUT2D eigenvalue weighted by atomic mass is 9.70. The van der Waals surface area contributed by atoms with Gasteiger partial charge in [0.05, 0.1) is 18.3 Å². The summed E-state index contributed by atoms with van der Waals surface area (Å²) >= 11 is 0. The maximum absolute atomic E-state index is 12.8. The van der Waals surface area contributed by atoms with Crippen molar-refractivity contribution in [1.29, 1.82) is 0 Å². The van der Waals surface area contributed by atoms with Crippen LogP contribution in [0.25, 0.3) is 0 Å². The molecular formula is C24H33NO4. The normalized spacial score (nSPS) is 27.1. The molecule has 4 rings (SSSR count). The maximum atomic E-state index is 12.8. The fourth-order valence-electron chi connectivity index (χ4n) is 5.65. The molecule has 2 heterocycles. The molecule has 0 unspecified atom stereocenters. The quantitative estimate of drug-likeness (QED) is 0.666. The number of hydrogen-bond acceptors (Lipinski definition) is 4. The molecule has 2 aliphatic heterocycles. The van der Waals surface area contributed by atoms with Crippen LogP contribution in [0.15, 0.2) is 18.2 Å². The molecule has 3 aliphatic rings. The number of fused-ring (bicyclic) bond motifs is 3. The standard InChI is InChI=1S/C24H33NO4/c1-3-13-29-24(27)18-11-12-21-20(15-18)23-19(10-7-14-28-23)22(25(21)16(2)26)17-8-5-4-6-9-17/h11-12,15,17,19,22-23H,3-10,13-14H2,1-2H3/t19-,22+,23-/m0/s1. The molecule has 0 spiro atoms. The summed E-state index contributed by atoms with van der Waals surface area (Å²) in [5.74, 6) is 0.618. The number of esters is 1. The van der Waals surface area contributed by atoms with Crippen molar-refractivity contribution in [3.05, 3.63) is 29.3 Å². The summed E-state index contributed by atoms with van der Waals surface area (Å²) < 4.78 is 11.6. The molecule has 0 bridgehead atoms. The van der Waals surface area contributed by atoms with Gasteiger partial charge >= 0.3 is 5.97 Å². The minimum Gasteiger partial charge on any atom is -0.462 e. The lowest BCUT2D eigenvalue weighted by Crippen LogP contribution is -2.54. The van der Waals surface area contributed by atoms with E-state index >= 15 is 0 Å². The molecule has 3 atom stereocenters. The second-order valence-electron chi connectivity index (χ2n) is 8.78. The Morgan fingerprint density at radius 3 is 2.66 bits per heavy atom. The lowest BCUT2D eigenvalue weighted by molar-refractivity contribution is -0.119. The number of benzene rings is 1. The van der Waals surface area contributed by atoms with Crippen LogP contribution in [-0.4, -0.2) is 31.1 Å². The molecule has 0 aromatic heterocycles. The molecule has 1 aromatic rings. The first-order valence-electron chi connectivity index (χ1n) is 11.3. The highest BCUT2D eigenvalue weighted by molar-refractivity contribution is 5.96.